The number of pyridine rings is 1. The smallest absolute Gasteiger partial charge is 0.301 e. The monoisotopic (exact) mass is 471 g/mol. The number of ether oxygens (including phenoxy) is 1. The van der Waals surface area contributed by atoms with Crippen LogP contribution in [-0.2, 0) is 9.59 Å². The van der Waals surface area contributed by atoms with Gasteiger partial charge in [-0.1, -0.05) is 36.5 Å². The van der Waals surface area contributed by atoms with Crippen molar-refractivity contribution in [3.63, 3.8) is 0 Å². The molecule has 4 aromatic rings. The van der Waals surface area contributed by atoms with E-state index in [-0.39, 0.29) is 11.3 Å². The van der Waals surface area contributed by atoms with Gasteiger partial charge in [-0.05, 0) is 54.4 Å². The number of hydrogen-bond donors (Lipinski definition) is 1. The van der Waals surface area contributed by atoms with Crippen LogP contribution in [0.1, 0.15) is 30.5 Å². The molecule has 0 bridgehead atoms. The Morgan fingerprint density at radius 2 is 1.88 bits per heavy atom. The van der Waals surface area contributed by atoms with E-state index in [0.29, 0.717) is 28.6 Å². The minimum absolute atomic E-state index is 0.000479. The van der Waals surface area contributed by atoms with Crippen molar-refractivity contribution >= 4 is 44.1 Å². The van der Waals surface area contributed by atoms with Crippen molar-refractivity contribution in [1.29, 1.82) is 0 Å². The highest BCUT2D eigenvalue weighted by molar-refractivity contribution is 7.22. The molecule has 1 atom stereocenters. The third kappa shape index (κ3) is 3.82. The molecule has 7 nitrogen and oxygen atoms in total. The Bertz CT molecular complexity index is 1360. The maximum atomic E-state index is 13.2. The number of aliphatic hydroxyl groups is 1. The van der Waals surface area contributed by atoms with Gasteiger partial charge in [-0.3, -0.25) is 19.5 Å². The molecule has 1 fully saturated rings. The van der Waals surface area contributed by atoms with Crippen LogP contribution in [0.4, 0.5) is 5.13 Å². The lowest BCUT2D eigenvalue weighted by Gasteiger charge is -2.22. The van der Waals surface area contributed by atoms with Crippen molar-refractivity contribution in [3.05, 3.63) is 89.8 Å². The second-order valence-corrected chi connectivity index (χ2v) is 8.80. The summed E-state index contributed by atoms with van der Waals surface area (Å²) in [5.74, 6) is -1.09. The van der Waals surface area contributed by atoms with Crippen LogP contribution in [0.5, 0.6) is 5.75 Å². The summed E-state index contributed by atoms with van der Waals surface area (Å²) in [6.45, 7) is 2.60. The fourth-order valence-electron chi connectivity index (χ4n) is 3.93. The number of amides is 1. The Balaban J connectivity index is 1.63. The molecule has 1 aliphatic heterocycles. The molecule has 3 heterocycles. The van der Waals surface area contributed by atoms with E-state index in [1.165, 1.54) is 16.2 Å². The number of carbonyl (C=O) groups is 2. The molecule has 170 valence electrons. The Labute approximate surface area is 200 Å². The van der Waals surface area contributed by atoms with E-state index in [1.54, 1.807) is 48.8 Å². The summed E-state index contributed by atoms with van der Waals surface area (Å²) in [6, 6.07) is 17.0. The Morgan fingerprint density at radius 1 is 1.09 bits per heavy atom. The Morgan fingerprint density at radius 3 is 2.59 bits per heavy atom. The largest absolute Gasteiger partial charge is 0.507 e. The number of thiazole rings is 1. The first-order chi connectivity index (χ1) is 16.6. The summed E-state index contributed by atoms with van der Waals surface area (Å²) < 4.78 is 6.50. The molecule has 0 saturated carbocycles. The number of ketones is 1. The lowest BCUT2D eigenvalue weighted by atomic mass is 9.96. The predicted molar refractivity (Wildman–Crippen MR) is 131 cm³/mol. The molecule has 8 heteroatoms. The van der Waals surface area contributed by atoms with Gasteiger partial charge >= 0.3 is 5.91 Å². The highest BCUT2D eigenvalue weighted by Crippen LogP contribution is 2.44. The number of Topliss-reactive ketones (excluding diaryl/α,β-unsaturated/α-hetero) is 1. The molecule has 0 spiro atoms. The van der Waals surface area contributed by atoms with Crippen LogP contribution in [0.15, 0.2) is 78.6 Å². The van der Waals surface area contributed by atoms with Gasteiger partial charge in [0, 0.05) is 18.0 Å². The van der Waals surface area contributed by atoms with Gasteiger partial charge in [0.15, 0.2) is 5.13 Å². The fourth-order valence-corrected chi connectivity index (χ4v) is 4.92. The van der Waals surface area contributed by atoms with E-state index in [4.69, 9.17) is 4.74 Å². The number of hydrogen-bond acceptors (Lipinski definition) is 7. The summed E-state index contributed by atoms with van der Waals surface area (Å²) in [6.07, 6.45) is 4.08. The van der Waals surface area contributed by atoms with Crippen LogP contribution in [0.2, 0.25) is 0 Å². The highest BCUT2D eigenvalue weighted by atomic mass is 32.1. The number of aliphatic hydroxyl groups excluding tert-OH is 1. The second kappa shape index (κ2) is 9.07. The van der Waals surface area contributed by atoms with Crippen molar-refractivity contribution in [1.82, 2.24) is 9.97 Å². The molecule has 1 aliphatic rings. The van der Waals surface area contributed by atoms with Crippen LogP contribution in [0.3, 0.4) is 0 Å². The van der Waals surface area contributed by atoms with E-state index < -0.39 is 17.7 Å². The number of carbonyl (C=O) groups excluding carboxylic acids is 2. The van der Waals surface area contributed by atoms with Crippen LogP contribution in [0, 0.1) is 0 Å². The molecule has 0 radical (unpaired) electrons. The first kappa shape index (κ1) is 21.8. The number of aromatic nitrogens is 2. The molecule has 1 saturated heterocycles. The first-order valence-electron chi connectivity index (χ1n) is 10.9. The molecule has 2 aromatic carbocycles. The molecule has 1 amide bonds. The average molecular weight is 472 g/mol. The predicted octanol–water partition coefficient (Wildman–Crippen LogP) is 5.11. The maximum absolute atomic E-state index is 13.2. The standard InChI is InChI=1S/C26H21N3O4S/c1-2-14-33-18-11-9-16(10-12-18)23(30)21-22(17-6-5-13-27-15-17)29(25(32)24(21)31)26-28-19-7-3-4-8-20(19)34-26/h3-13,15,22,30H,2,14H2,1H3/b23-21+. The third-order valence-corrected chi connectivity index (χ3v) is 6.57. The molecular formula is C26H21N3O4S. The first-order valence-corrected chi connectivity index (χ1v) is 11.7. The van der Waals surface area contributed by atoms with Gasteiger partial charge in [0.1, 0.15) is 11.5 Å². The van der Waals surface area contributed by atoms with Crippen molar-refractivity contribution in [2.45, 2.75) is 19.4 Å². The van der Waals surface area contributed by atoms with Gasteiger partial charge in [0.2, 0.25) is 0 Å². The Hall–Kier alpha value is -4.04. The van der Waals surface area contributed by atoms with E-state index in [0.717, 1.165) is 16.6 Å². The maximum Gasteiger partial charge on any atom is 0.301 e. The summed E-state index contributed by atoms with van der Waals surface area (Å²) >= 11 is 1.32. The summed E-state index contributed by atoms with van der Waals surface area (Å²) in [4.78, 5) is 36.6. The molecular weight excluding hydrogens is 450 g/mol. The summed E-state index contributed by atoms with van der Waals surface area (Å²) in [7, 11) is 0. The molecule has 2 aromatic heterocycles. The van der Waals surface area contributed by atoms with Crippen LogP contribution < -0.4 is 9.64 Å². The van der Waals surface area contributed by atoms with Crippen LogP contribution in [-0.4, -0.2) is 33.4 Å². The van der Waals surface area contributed by atoms with Gasteiger partial charge in [-0.25, -0.2) is 4.98 Å². The molecule has 0 aliphatic carbocycles. The number of nitrogens with zero attached hydrogens (tertiary/aromatic N) is 3. The highest BCUT2D eigenvalue weighted by Gasteiger charge is 2.48. The van der Waals surface area contributed by atoms with E-state index in [2.05, 4.69) is 9.97 Å². The topological polar surface area (TPSA) is 92.6 Å². The van der Waals surface area contributed by atoms with Gasteiger partial charge in [-0.15, -0.1) is 0 Å². The SMILES string of the molecule is CCCOc1ccc(/C(O)=C2\C(=O)C(=O)N(c3nc4ccccc4s3)C2c2cccnc2)cc1. The van der Waals surface area contributed by atoms with Gasteiger partial charge in [-0.2, -0.15) is 0 Å². The van der Waals surface area contributed by atoms with Crippen LogP contribution in [0.25, 0.3) is 16.0 Å². The van der Waals surface area contributed by atoms with Crippen molar-refractivity contribution in [2.75, 3.05) is 11.5 Å². The van der Waals surface area contributed by atoms with Gasteiger partial charge in [0.05, 0.1) is 28.4 Å². The minimum atomic E-state index is -0.856. The molecule has 1 unspecified atom stereocenters. The lowest BCUT2D eigenvalue weighted by molar-refractivity contribution is -0.132. The lowest BCUT2D eigenvalue weighted by Crippen LogP contribution is -2.29. The van der Waals surface area contributed by atoms with Crippen LogP contribution >= 0.6 is 11.3 Å². The zero-order chi connectivity index (χ0) is 23.7. The fraction of sp³-hybridized carbons (Fsp3) is 0.154. The number of benzene rings is 2. The number of para-hydroxylation sites is 1. The van der Waals surface area contributed by atoms with E-state index in [9.17, 15) is 14.7 Å². The quantitative estimate of drug-likeness (QED) is 0.239. The van der Waals surface area contributed by atoms with Crippen molar-refractivity contribution in [2.24, 2.45) is 0 Å². The minimum Gasteiger partial charge on any atom is -0.507 e. The van der Waals surface area contributed by atoms with Crippen molar-refractivity contribution < 1.29 is 19.4 Å². The third-order valence-electron chi connectivity index (χ3n) is 5.53. The average Bonchev–Trinajstić information content (AvgIpc) is 3.41. The normalized spacial score (nSPS) is 17.4. The van der Waals surface area contributed by atoms with Gasteiger partial charge in [0.25, 0.3) is 5.78 Å². The zero-order valence-electron chi connectivity index (χ0n) is 18.3. The van der Waals surface area contributed by atoms with E-state index in [1.807, 2.05) is 31.2 Å². The van der Waals surface area contributed by atoms with Gasteiger partial charge < -0.3 is 9.84 Å². The zero-order valence-corrected chi connectivity index (χ0v) is 19.2. The molecule has 34 heavy (non-hydrogen) atoms. The number of anilines is 1. The molecule has 5 rings (SSSR count). The molecule has 1 N–H and O–H groups in total. The number of rotatable bonds is 6. The summed E-state index contributed by atoms with van der Waals surface area (Å²) in [5.41, 5.74) is 1.75. The Kier molecular flexibility index (Phi) is 5.81. The van der Waals surface area contributed by atoms with E-state index >= 15 is 0 Å². The summed E-state index contributed by atoms with van der Waals surface area (Å²) in [5, 5.41) is 11.6. The van der Waals surface area contributed by atoms with Crippen molar-refractivity contribution in [3.8, 4) is 5.75 Å². The number of fused-ring (bicyclic) bond motifs is 1. The second-order valence-electron chi connectivity index (χ2n) is 7.79.